The number of methoxy groups -OCH3 is 1. The van der Waals surface area contributed by atoms with E-state index in [0.29, 0.717) is 63.1 Å². The quantitative estimate of drug-likeness (QED) is 0.138. The van der Waals surface area contributed by atoms with Crippen molar-refractivity contribution in [1.82, 2.24) is 34.7 Å². The van der Waals surface area contributed by atoms with Gasteiger partial charge in [-0.2, -0.15) is 0 Å². The van der Waals surface area contributed by atoms with Crippen LogP contribution >= 0.6 is 11.8 Å². The zero-order valence-corrected chi connectivity index (χ0v) is 43.7. The summed E-state index contributed by atoms with van der Waals surface area (Å²) in [6, 6.07) is 8.25. The van der Waals surface area contributed by atoms with Gasteiger partial charge in [0.1, 0.15) is 12.1 Å². The number of cyclic esters (lactones) is 1. The number of pyridine rings is 1. The van der Waals surface area contributed by atoms with Crippen molar-refractivity contribution in [3.8, 4) is 11.3 Å². The number of ether oxygens (including phenoxy) is 2. The molecule has 2 fully saturated rings. The molecule has 4 amide bonds. The van der Waals surface area contributed by atoms with Gasteiger partial charge in [0, 0.05) is 113 Å². The van der Waals surface area contributed by atoms with E-state index in [1.165, 1.54) is 4.90 Å². The minimum atomic E-state index is -1.22. The van der Waals surface area contributed by atoms with Crippen LogP contribution in [0.4, 0.5) is 4.79 Å². The molecule has 7 atom stereocenters. The predicted octanol–water partition coefficient (Wildman–Crippen LogP) is 6.40. The fourth-order valence-corrected chi connectivity index (χ4v) is 13.9. The van der Waals surface area contributed by atoms with Gasteiger partial charge in [0.05, 0.1) is 35.5 Å². The molecule has 4 aliphatic heterocycles. The second-order valence-electron chi connectivity index (χ2n) is 20.7. The van der Waals surface area contributed by atoms with Gasteiger partial charge >= 0.3 is 12.0 Å². The summed E-state index contributed by atoms with van der Waals surface area (Å²) >= 11 is 1.56. The summed E-state index contributed by atoms with van der Waals surface area (Å²) in [5, 5.41) is 4.44. The summed E-state index contributed by atoms with van der Waals surface area (Å²) in [6.45, 7) is 19.6. The monoisotopic (exact) mass is 977 g/mol. The lowest BCUT2D eigenvalue weighted by atomic mass is 9.67. The maximum Gasteiger partial charge on any atom is 0.324 e. The number of fused-ring (bicyclic) bond motifs is 5. The Morgan fingerprint density at radius 3 is 2.52 bits per heavy atom. The number of hydrogen-bond donors (Lipinski definition) is 2. The van der Waals surface area contributed by atoms with E-state index in [-0.39, 0.29) is 62.5 Å². The summed E-state index contributed by atoms with van der Waals surface area (Å²) in [5.41, 5.74) is 16.7. The molecule has 69 heavy (non-hydrogen) atoms. The van der Waals surface area contributed by atoms with Gasteiger partial charge < -0.3 is 34.5 Å². The molecule has 369 valence electrons. The van der Waals surface area contributed by atoms with E-state index in [0.717, 1.165) is 39.0 Å². The number of benzene rings is 1. The van der Waals surface area contributed by atoms with Crippen molar-refractivity contribution in [2.45, 2.75) is 122 Å². The summed E-state index contributed by atoms with van der Waals surface area (Å²) in [5.74, 6) is -1.58. The lowest BCUT2D eigenvalue weighted by molar-refractivity contribution is -0.158. The third kappa shape index (κ3) is 8.79. The van der Waals surface area contributed by atoms with E-state index in [4.69, 9.17) is 20.2 Å². The summed E-state index contributed by atoms with van der Waals surface area (Å²) in [7, 11) is 5.11. The Bertz CT molecular complexity index is 2620. The number of likely N-dealkylation sites (tertiary alicyclic amines) is 1. The van der Waals surface area contributed by atoms with Crippen LogP contribution in [-0.4, -0.2) is 144 Å². The number of carbonyl (C=O) groups excluding carboxylic acids is 5. The number of aromatic nitrogens is 2. The van der Waals surface area contributed by atoms with E-state index in [2.05, 4.69) is 68.5 Å². The summed E-state index contributed by atoms with van der Waals surface area (Å²) in [6.07, 6.45) is 3.40. The number of ketones is 1. The normalized spacial score (nSPS) is 27.0. The molecule has 1 aliphatic carbocycles. The lowest BCUT2D eigenvalue weighted by Gasteiger charge is -2.49. The van der Waals surface area contributed by atoms with Gasteiger partial charge in [-0.15, -0.1) is 11.8 Å². The fourth-order valence-electron chi connectivity index (χ4n) is 11.3. The molecule has 0 saturated carbocycles. The number of nitrogens with one attached hydrogen (secondary N) is 1. The van der Waals surface area contributed by atoms with Crippen LogP contribution < -0.4 is 11.2 Å². The third-order valence-electron chi connectivity index (χ3n) is 15.2. The topological polar surface area (TPSA) is 173 Å². The Labute approximate surface area is 413 Å². The number of thioether (sulfide) groups is 1. The van der Waals surface area contributed by atoms with Crippen LogP contribution in [0.15, 0.2) is 54.1 Å². The zero-order valence-electron chi connectivity index (χ0n) is 41.8. The van der Waals surface area contributed by atoms with Crippen LogP contribution in [0.5, 0.6) is 0 Å². The van der Waals surface area contributed by atoms with Crippen LogP contribution in [0, 0.1) is 16.7 Å². The molecule has 5 aliphatic rings. The molecule has 3 N–H and O–H groups in total. The molecule has 2 aromatic heterocycles. The molecule has 1 spiro atoms. The number of Topliss-reactive ketones (excluding diaryl/α,β-unsaturated/α-hetero) is 1. The van der Waals surface area contributed by atoms with E-state index in [1.54, 1.807) is 60.9 Å². The number of likely N-dealkylation sites (N-methyl/N-ethyl adjacent to an activating group) is 2. The van der Waals surface area contributed by atoms with E-state index >= 15 is 9.59 Å². The Morgan fingerprint density at radius 1 is 1.14 bits per heavy atom. The minimum Gasteiger partial charge on any atom is -0.464 e. The Hall–Kier alpha value is -5.10. The van der Waals surface area contributed by atoms with Gasteiger partial charge in [-0.25, -0.2) is 10.2 Å². The van der Waals surface area contributed by atoms with E-state index < -0.39 is 40.5 Å². The first-order valence-electron chi connectivity index (χ1n) is 24.4. The minimum absolute atomic E-state index is 0.0471. The highest BCUT2D eigenvalue weighted by Crippen LogP contribution is 2.57. The number of hydrazine groups is 1. The average Bonchev–Trinajstić information content (AvgIpc) is 3.64. The van der Waals surface area contributed by atoms with Crippen molar-refractivity contribution >= 4 is 72.8 Å². The van der Waals surface area contributed by atoms with Crippen molar-refractivity contribution in [1.29, 1.82) is 0 Å². The summed E-state index contributed by atoms with van der Waals surface area (Å²) < 4.78 is 15.0. The van der Waals surface area contributed by atoms with Crippen LogP contribution in [0.25, 0.3) is 27.9 Å². The smallest absolute Gasteiger partial charge is 0.324 e. The van der Waals surface area contributed by atoms with Crippen molar-refractivity contribution in [2.24, 2.45) is 22.5 Å². The molecule has 4 bridgehead atoms. The number of nitrogens with two attached hydrogens (primary N) is 1. The van der Waals surface area contributed by atoms with Crippen molar-refractivity contribution < 1.29 is 33.4 Å². The first-order valence-corrected chi connectivity index (χ1v) is 26.5. The molecule has 2 saturated heterocycles. The van der Waals surface area contributed by atoms with Gasteiger partial charge in [-0.3, -0.25) is 29.2 Å². The Kier molecular flexibility index (Phi) is 14.3. The molecule has 3 aromatic rings. The van der Waals surface area contributed by atoms with Crippen LogP contribution in [0.3, 0.4) is 0 Å². The lowest BCUT2D eigenvalue weighted by Crippen LogP contribution is -2.66. The first-order chi connectivity index (χ1) is 32.8. The van der Waals surface area contributed by atoms with Crippen molar-refractivity contribution in [2.75, 3.05) is 47.4 Å². The molecule has 1 radical (unpaired) electrons. The standard InChI is InChI=1S/C52H69N8O7SSi/c1-12-33-23-52(28-69-46(52)44(61)42(29(3)4)57(10)50(65)56(9)32-24-58(25-32)47(62)30(5)6)49(64)60-21-15-17-37(55-60)48(63)67-27-51(7,8)40-39-35-22-31(36(53)26-68-33)18-19-38(35)59(13-2)43(39)34-16-14-20-54-41(34)45(40)66-11/h14,16,18-20,22,26,28-29,32-33,37,40,42,45-46,55H,5,12-13,15,17,21,23-25,27,53H2,1-4,6-11H3/b36-26-/t33?,37-,40?,42-,45-,46?,52?/m0/s1. The van der Waals surface area contributed by atoms with Gasteiger partial charge in [0.25, 0.3) is 0 Å². The first kappa shape index (κ1) is 50.3. The number of hydrogen-bond acceptors (Lipinski definition) is 11. The van der Waals surface area contributed by atoms with Crippen molar-refractivity contribution in [3.05, 3.63) is 70.9 Å². The number of aryl methyl sites for hydroxylation is 1. The largest absolute Gasteiger partial charge is 0.464 e. The molecule has 1 aromatic carbocycles. The van der Waals surface area contributed by atoms with Gasteiger partial charge in [0.15, 0.2) is 5.78 Å². The van der Waals surface area contributed by atoms with Gasteiger partial charge in [0.2, 0.25) is 11.8 Å². The second-order valence-corrected chi connectivity index (χ2v) is 23.0. The average molecular weight is 978 g/mol. The van der Waals surface area contributed by atoms with Crippen LogP contribution in [-0.2, 0) is 35.2 Å². The maximum atomic E-state index is 15.4. The molecule has 6 heterocycles. The highest BCUT2D eigenvalue weighted by molar-refractivity contribution is 8.02. The third-order valence-corrected chi connectivity index (χ3v) is 18.3. The Morgan fingerprint density at radius 2 is 1.88 bits per heavy atom. The number of amides is 4. The number of nitrogens with zero attached hydrogens (tertiary/aromatic N) is 6. The van der Waals surface area contributed by atoms with E-state index in [1.807, 2.05) is 31.0 Å². The van der Waals surface area contributed by atoms with Crippen LogP contribution in [0.1, 0.15) is 103 Å². The number of esters is 1. The SMILES string of the molecule is C=C(C)C(=O)N1CC(N(C)C(=O)N(C)[C@H](C(=O)C2[Si]=CC23CC(CC)S/C=C(\N)c2ccc4c(c2)c2c(n4CC)-c4cccnc4[C@@H](OC)C2C(C)(C)COC(=O)[C@@H]2CCCN(N2)C3=O)C(C)C)C1. The second kappa shape index (κ2) is 19.6. The van der Waals surface area contributed by atoms with Crippen molar-refractivity contribution in [3.63, 3.8) is 0 Å². The highest BCUT2D eigenvalue weighted by atomic mass is 32.2. The number of rotatable bonds is 9. The predicted molar refractivity (Wildman–Crippen MR) is 272 cm³/mol. The van der Waals surface area contributed by atoms with Crippen LogP contribution in [0.2, 0.25) is 5.54 Å². The molecular weight excluding hydrogens is 909 g/mol. The zero-order chi connectivity index (χ0) is 49.9. The highest BCUT2D eigenvalue weighted by Gasteiger charge is 2.57. The molecule has 15 nitrogen and oxygen atoms in total. The van der Waals surface area contributed by atoms with E-state index in [9.17, 15) is 14.4 Å². The number of urea groups is 1. The molecular formula is C52H69N8O7SSi. The summed E-state index contributed by atoms with van der Waals surface area (Å²) in [4.78, 5) is 81.2. The molecule has 4 unspecified atom stereocenters. The Balaban J connectivity index is 1.16. The van der Waals surface area contributed by atoms with Gasteiger partial charge in [-0.05, 0) is 86.2 Å². The maximum absolute atomic E-state index is 15.4. The molecule has 17 heteroatoms. The van der Waals surface area contributed by atoms with Gasteiger partial charge in [-0.1, -0.05) is 52.9 Å². The molecule has 8 rings (SSSR count). The fraction of sp³-hybridized carbons (Fsp3) is 0.558. The number of carbonyl (C=O) groups is 5.